The van der Waals surface area contributed by atoms with E-state index in [9.17, 15) is 5.11 Å². The molecule has 0 radical (unpaired) electrons. The van der Waals surface area contributed by atoms with Gasteiger partial charge in [0.05, 0.1) is 6.10 Å². The molecule has 0 aliphatic carbocycles. The Labute approximate surface area is 82.4 Å². The number of hydrogen-bond acceptors (Lipinski definition) is 4. The van der Waals surface area contributed by atoms with Crippen molar-refractivity contribution < 1.29 is 5.11 Å². The molecule has 1 aliphatic rings. The van der Waals surface area contributed by atoms with E-state index < -0.39 is 0 Å². The molecule has 0 unspecified atom stereocenters. The molecule has 1 fully saturated rings. The molecule has 0 bridgehead atoms. The standard InChI is InChI=1S/C10H11N3O/c11-6-8-5-9(1-3-12-8)13-4-2-10(14)7-13/h1,3,5,10,14H,2,4,7H2/t10-/m1/s1. The summed E-state index contributed by atoms with van der Waals surface area (Å²) in [4.78, 5) is 5.96. The molecule has 2 rings (SSSR count). The van der Waals surface area contributed by atoms with Gasteiger partial charge in [-0.15, -0.1) is 0 Å². The van der Waals surface area contributed by atoms with Gasteiger partial charge in [0, 0.05) is 25.0 Å². The van der Waals surface area contributed by atoms with Gasteiger partial charge < -0.3 is 10.0 Å². The van der Waals surface area contributed by atoms with Crippen LogP contribution in [0.1, 0.15) is 12.1 Å². The molecule has 0 aromatic carbocycles. The summed E-state index contributed by atoms with van der Waals surface area (Å²) in [5.41, 5.74) is 1.39. The molecule has 1 aliphatic heterocycles. The summed E-state index contributed by atoms with van der Waals surface area (Å²) in [7, 11) is 0. The van der Waals surface area contributed by atoms with Crippen LogP contribution in [0.15, 0.2) is 18.3 Å². The first kappa shape index (κ1) is 8.97. The summed E-state index contributed by atoms with van der Waals surface area (Å²) < 4.78 is 0. The number of rotatable bonds is 1. The van der Waals surface area contributed by atoms with Gasteiger partial charge in [0.25, 0.3) is 0 Å². The Kier molecular flexibility index (Phi) is 2.33. The average Bonchev–Trinajstić information content (AvgIpc) is 2.65. The van der Waals surface area contributed by atoms with E-state index in [1.807, 2.05) is 12.1 Å². The third-order valence-electron chi connectivity index (χ3n) is 2.39. The molecule has 0 spiro atoms. The van der Waals surface area contributed by atoms with Crippen molar-refractivity contribution >= 4 is 5.69 Å². The topological polar surface area (TPSA) is 60.2 Å². The van der Waals surface area contributed by atoms with E-state index in [-0.39, 0.29) is 6.10 Å². The summed E-state index contributed by atoms with van der Waals surface area (Å²) in [6, 6.07) is 5.61. The Bertz CT molecular complexity index is 372. The summed E-state index contributed by atoms with van der Waals surface area (Å²) in [5.74, 6) is 0. The first-order valence-electron chi connectivity index (χ1n) is 4.59. The molecule has 1 N–H and O–H groups in total. The third kappa shape index (κ3) is 1.68. The quantitative estimate of drug-likeness (QED) is 0.699. The Morgan fingerprint density at radius 1 is 1.64 bits per heavy atom. The minimum absolute atomic E-state index is 0.242. The van der Waals surface area contributed by atoms with Crippen molar-refractivity contribution in [3.05, 3.63) is 24.0 Å². The molecular formula is C10H11N3O. The highest BCUT2D eigenvalue weighted by Crippen LogP contribution is 2.19. The van der Waals surface area contributed by atoms with Gasteiger partial charge in [-0.3, -0.25) is 0 Å². The van der Waals surface area contributed by atoms with Gasteiger partial charge in [-0.1, -0.05) is 0 Å². The zero-order valence-corrected chi connectivity index (χ0v) is 7.72. The van der Waals surface area contributed by atoms with E-state index in [2.05, 4.69) is 9.88 Å². The molecule has 14 heavy (non-hydrogen) atoms. The highest BCUT2D eigenvalue weighted by atomic mass is 16.3. The molecule has 1 aromatic heterocycles. The SMILES string of the molecule is N#Cc1cc(N2CC[C@@H](O)C2)ccn1. The van der Waals surface area contributed by atoms with E-state index in [0.717, 1.165) is 18.7 Å². The van der Waals surface area contributed by atoms with Crippen LogP contribution in [0.4, 0.5) is 5.69 Å². The minimum atomic E-state index is -0.242. The second kappa shape index (κ2) is 3.64. The largest absolute Gasteiger partial charge is 0.391 e. The maximum Gasteiger partial charge on any atom is 0.142 e. The number of nitriles is 1. The number of aromatic nitrogens is 1. The smallest absolute Gasteiger partial charge is 0.142 e. The van der Waals surface area contributed by atoms with E-state index in [4.69, 9.17) is 5.26 Å². The fraction of sp³-hybridized carbons (Fsp3) is 0.400. The number of aliphatic hydroxyl groups is 1. The Morgan fingerprint density at radius 2 is 2.50 bits per heavy atom. The molecular weight excluding hydrogens is 178 g/mol. The predicted molar refractivity (Wildman–Crippen MR) is 51.8 cm³/mol. The Morgan fingerprint density at radius 3 is 3.14 bits per heavy atom. The van der Waals surface area contributed by atoms with Crippen molar-refractivity contribution in [1.29, 1.82) is 5.26 Å². The van der Waals surface area contributed by atoms with E-state index in [1.54, 1.807) is 12.3 Å². The molecule has 0 amide bonds. The van der Waals surface area contributed by atoms with E-state index in [0.29, 0.717) is 12.2 Å². The van der Waals surface area contributed by atoms with Crippen molar-refractivity contribution in [2.24, 2.45) is 0 Å². The van der Waals surface area contributed by atoms with Gasteiger partial charge >= 0.3 is 0 Å². The van der Waals surface area contributed by atoms with Crippen LogP contribution in [-0.2, 0) is 0 Å². The third-order valence-corrected chi connectivity index (χ3v) is 2.39. The molecule has 72 valence electrons. The van der Waals surface area contributed by atoms with Crippen LogP contribution in [0.3, 0.4) is 0 Å². The molecule has 4 heteroatoms. The Hall–Kier alpha value is -1.60. The van der Waals surface area contributed by atoms with Gasteiger partial charge in [-0.05, 0) is 18.6 Å². The van der Waals surface area contributed by atoms with Gasteiger partial charge in [-0.2, -0.15) is 5.26 Å². The monoisotopic (exact) mass is 189 g/mol. The first-order chi connectivity index (χ1) is 6.79. The highest BCUT2D eigenvalue weighted by molar-refractivity contribution is 5.49. The maximum atomic E-state index is 9.37. The second-order valence-corrected chi connectivity index (χ2v) is 3.40. The highest BCUT2D eigenvalue weighted by Gasteiger charge is 2.20. The fourth-order valence-electron chi connectivity index (χ4n) is 1.65. The second-order valence-electron chi connectivity index (χ2n) is 3.40. The van der Waals surface area contributed by atoms with Crippen LogP contribution in [0.5, 0.6) is 0 Å². The van der Waals surface area contributed by atoms with Gasteiger partial charge in [0.2, 0.25) is 0 Å². The number of nitrogens with zero attached hydrogens (tertiary/aromatic N) is 3. The van der Waals surface area contributed by atoms with E-state index in [1.165, 1.54) is 0 Å². The lowest BCUT2D eigenvalue weighted by Crippen LogP contribution is -2.21. The summed E-state index contributed by atoms with van der Waals surface area (Å²) >= 11 is 0. The van der Waals surface area contributed by atoms with Crippen molar-refractivity contribution in [2.45, 2.75) is 12.5 Å². The number of hydrogen-bond donors (Lipinski definition) is 1. The predicted octanol–water partition coefficient (Wildman–Crippen LogP) is 0.524. The molecule has 4 nitrogen and oxygen atoms in total. The normalized spacial score (nSPS) is 20.9. The number of aliphatic hydroxyl groups excluding tert-OH is 1. The number of β-amino-alcohol motifs (C(OH)–C–C–N with tert-alkyl or cyclic N) is 1. The molecule has 0 saturated carbocycles. The van der Waals surface area contributed by atoms with Crippen LogP contribution in [-0.4, -0.2) is 29.3 Å². The summed E-state index contributed by atoms with van der Waals surface area (Å²) in [5, 5.41) is 18.0. The van der Waals surface area contributed by atoms with Crippen molar-refractivity contribution in [1.82, 2.24) is 4.98 Å². The maximum absolute atomic E-state index is 9.37. The lowest BCUT2D eigenvalue weighted by atomic mass is 10.3. The van der Waals surface area contributed by atoms with Crippen LogP contribution >= 0.6 is 0 Å². The van der Waals surface area contributed by atoms with Gasteiger partial charge in [0.1, 0.15) is 11.8 Å². The van der Waals surface area contributed by atoms with Gasteiger partial charge in [-0.25, -0.2) is 4.98 Å². The summed E-state index contributed by atoms with van der Waals surface area (Å²) in [6.07, 6.45) is 2.18. The van der Waals surface area contributed by atoms with Crippen LogP contribution < -0.4 is 4.90 Å². The number of pyridine rings is 1. The fourth-order valence-corrected chi connectivity index (χ4v) is 1.65. The van der Waals surface area contributed by atoms with Crippen LogP contribution in [0.25, 0.3) is 0 Å². The Balaban J connectivity index is 2.20. The number of anilines is 1. The molecule has 2 heterocycles. The van der Waals surface area contributed by atoms with E-state index >= 15 is 0 Å². The average molecular weight is 189 g/mol. The van der Waals surface area contributed by atoms with Crippen LogP contribution in [0, 0.1) is 11.3 Å². The zero-order valence-electron chi connectivity index (χ0n) is 7.72. The minimum Gasteiger partial charge on any atom is -0.391 e. The zero-order chi connectivity index (χ0) is 9.97. The molecule has 1 aromatic rings. The van der Waals surface area contributed by atoms with Crippen molar-refractivity contribution in [3.63, 3.8) is 0 Å². The van der Waals surface area contributed by atoms with Gasteiger partial charge in [0.15, 0.2) is 0 Å². The lowest BCUT2D eigenvalue weighted by molar-refractivity contribution is 0.198. The molecule has 1 atom stereocenters. The summed E-state index contributed by atoms with van der Waals surface area (Å²) in [6.45, 7) is 1.49. The van der Waals surface area contributed by atoms with Crippen LogP contribution in [0.2, 0.25) is 0 Å². The lowest BCUT2D eigenvalue weighted by Gasteiger charge is -2.17. The molecule has 1 saturated heterocycles. The van der Waals surface area contributed by atoms with Crippen molar-refractivity contribution in [3.8, 4) is 6.07 Å². The van der Waals surface area contributed by atoms with Crippen molar-refractivity contribution in [2.75, 3.05) is 18.0 Å². The first-order valence-corrected chi connectivity index (χ1v) is 4.59.